The Kier molecular flexibility index (Phi) is 17.6. The molecule has 0 aromatic carbocycles. The summed E-state index contributed by atoms with van der Waals surface area (Å²) in [6.45, 7) is 9.19. The molecule has 0 unspecified atom stereocenters. The second-order valence-corrected chi connectivity index (χ2v) is 6.33. The molecule has 0 spiro atoms. The Morgan fingerprint density at radius 1 is 0.650 bits per heavy atom. The Labute approximate surface area is 141 Å². The minimum Gasteiger partial charge on any atom is -0.315 e. The fourth-order valence-electron chi connectivity index (χ4n) is 2.99. The molecule has 0 aliphatic rings. The summed E-state index contributed by atoms with van der Waals surface area (Å²) in [6, 6.07) is 0. The Balaban J connectivity index is 0. The van der Waals surface area contributed by atoms with Crippen molar-refractivity contribution in [3.63, 3.8) is 0 Å². The second-order valence-electron chi connectivity index (χ2n) is 6.33. The summed E-state index contributed by atoms with van der Waals surface area (Å²) in [7, 11) is 0. The van der Waals surface area contributed by atoms with E-state index < -0.39 is 0 Å². The van der Waals surface area contributed by atoms with Crippen LogP contribution in [0.25, 0.3) is 0 Å². The van der Waals surface area contributed by atoms with Crippen LogP contribution in [-0.2, 0) is 0 Å². The summed E-state index contributed by atoms with van der Waals surface area (Å²) >= 11 is 0. The summed E-state index contributed by atoms with van der Waals surface area (Å²) in [4.78, 5) is 0. The van der Waals surface area contributed by atoms with E-state index >= 15 is 0 Å². The molecule has 0 N–H and O–H groups in total. The van der Waals surface area contributed by atoms with Gasteiger partial charge in [-0.1, -0.05) is 72.6 Å². The molecule has 0 radical (unpaired) electrons. The predicted molar refractivity (Wildman–Crippen MR) is 92.2 cm³/mol. The SMILES string of the molecule is CCCCC#C[B-](CCCC)(CCCC)CCCC.[Li+]. The molecule has 0 aliphatic heterocycles. The van der Waals surface area contributed by atoms with Gasteiger partial charge < -0.3 is 5.82 Å². The second kappa shape index (κ2) is 15.6. The van der Waals surface area contributed by atoms with Gasteiger partial charge >= 0.3 is 18.9 Å². The Morgan fingerprint density at radius 2 is 1.05 bits per heavy atom. The van der Waals surface area contributed by atoms with Crippen LogP contribution >= 0.6 is 0 Å². The topological polar surface area (TPSA) is 0 Å². The first-order valence-corrected chi connectivity index (χ1v) is 8.95. The van der Waals surface area contributed by atoms with Crippen LogP contribution in [0.2, 0.25) is 19.0 Å². The summed E-state index contributed by atoms with van der Waals surface area (Å²) in [5, 5.41) is 0. The Morgan fingerprint density at radius 3 is 1.40 bits per heavy atom. The molecule has 112 valence electrons. The van der Waals surface area contributed by atoms with Gasteiger partial charge in [-0.05, 0) is 6.42 Å². The third-order valence-corrected chi connectivity index (χ3v) is 4.39. The molecule has 0 heterocycles. The molecule has 0 nitrogen and oxygen atoms in total. The van der Waals surface area contributed by atoms with E-state index in [1.165, 1.54) is 70.3 Å². The zero-order valence-electron chi connectivity index (χ0n) is 15.1. The van der Waals surface area contributed by atoms with Crippen LogP contribution in [0.5, 0.6) is 0 Å². The first-order valence-electron chi connectivity index (χ1n) is 8.95. The van der Waals surface area contributed by atoms with E-state index in [9.17, 15) is 0 Å². The van der Waals surface area contributed by atoms with E-state index in [4.69, 9.17) is 0 Å². The van der Waals surface area contributed by atoms with Gasteiger partial charge in [0, 0.05) is 6.42 Å². The number of hydrogen-bond donors (Lipinski definition) is 0. The largest absolute Gasteiger partial charge is 1.00 e. The molecular weight excluding hydrogens is 234 g/mol. The van der Waals surface area contributed by atoms with Gasteiger partial charge in [-0.2, -0.15) is 24.9 Å². The van der Waals surface area contributed by atoms with Crippen molar-refractivity contribution in [2.45, 2.75) is 104 Å². The molecule has 0 rings (SSSR count). The molecule has 0 fully saturated rings. The summed E-state index contributed by atoms with van der Waals surface area (Å²) in [5.74, 6) is 7.32. The van der Waals surface area contributed by atoms with Gasteiger partial charge in [-0.25, -0.2) is 0 Å². The minimum absolute atomic E-state index is 0. The number of hydrogen-bond acceptors (Lipinski definition) is 0. The molecule has 0 aliphatic carbocycles. The molecule has 0 bridgehead atoms. The molecular formula is C18H36BLi. The maximum Gasteiger partial charge on any atom is 1.00 e. The predicted octanol–water partition coefficient (Wildman–Crippen LogP) is 3.57. The van der Waals surface area contributed by atoms with Crippen molar-refractivity contribution < 1.29 is 18.9 Å². The van der Waals surface area contributed by atoms with Crippen molar-refractivity contribution in [1.82, 2.24) is 0 Å². The van der Waals surface area contributed by atoms with Crippen LogP contribution in [0, 0.1) is 11.7 Å². The third-order valence-electron chi connectivity index (χ3n) is 4.39. The van der Waals surface area contributed by atoms with Gasteiger partial charge in [0.15, 0.2) is 0 Å². The van der Waals surface area contributed by atoms with Crippen molar-refractivity contribution in [1.29, 1.82) is 0 Å². The van der Waals surface area contributed by atoms with Crippen molar-refractivity contribution in [3.8, 4) is 11.7 Å². The van der Waals surface area contributed by atoms with Crippen molar-refractivity contribution in [2.24, 2.45) is 0 Å². The molecule has 0 atom stereocenters. The molecule has 0 saturated carbocycles. The summed E-state index contributed by atoms with van der Waals surface area (Å²) < 4.78 is 0. The standard InChI is InChI=1S/C18H36B.Li/c1-5-9-13-14-18-19(15-10-6-2,16-11-7-3)17-12-8-4;/h5-13,15-17H2,1-4H3;/q-1;+1. The fourth-order valence-corrected chi connectivity index (χ4v) is 2.99. The van der Waals surface area contributed by atoms with Crippen LogP contribution < -0.4 is 18.9 Å². The van der Waals surface area contributed by atoms with E-state index in [-0.39, 0.29) is 25.0 Å². The van der Waals surface area contributed by atoms with Crippen LogP contribution in [0.4, 0.5) is 0 Å². The fraction of sp³-hybridized carbons (Fsp3) is 0.889. The molecule has 0 amide bonds. The van der Waals surface area contributed by atoms with E-state index in [0.29, 0.717) is 0 Å². The average molecular weight is 270 g/mol. The van der Waals surface area contributed by atoms with Crippen LogP contribution in [-0.4, -0.2) is 6.15 Å². The van der Waals surface area contributed by atoms with Crippen LogP contribution in [0.1, 0.15) is 85.5 Å². The van der Waals surface area contributed by atoms with E-state index in [1.54, 1.807) is 0 Å². The van der Waals surface area contributed by atoms with E-state index in [2.05, 4.69) is 39.4 Å². The molecule has 0 saturated heterocycles. The summed E-state index contributed by atoms with van der Waals surface area (Å²) in [5.41, 5.74) is 0. The number of unbranched alkanes of at least 4 members (excludes halogenated alkanes) is 5. The number of rotatable bonds is 11. The third kappa shape index (κ3) is 10.9. The zero-order chi connectivity index (χ0) is 14.4. The first-order chi connectivity index (χ1) is 9.24. The zero-order valence-corrected chi connectivity index (χ0v) is 15.1. The maximum absolute atomic E-state index is 3.78. The average Bonchev–Trinajstić information content (AvgIpc) is 2.44. The van der Waals surface area contributed by atoms with Gasteiger partial charge in [0.1, 0.15) is 0 Å². The minimum atomic E-state index is -0.383. The van der Waals surface area contributed by atoms with Gasteiger partial charge in [0.25, 0.3) is 0 Å². The molecule has 20 heavy (non-hydrogen) atoms. The van der Waals surface area contributed by atoms with Gasteiger partial charge in [-0.15, -0.1) is 0 Å². The van der Waals surface area contributed by atoms with Crippen molar-refractivity contribution >= 4 is 6.15 Å². The van der Waals surface area contributed by atoms with E-state index in [1.807, 2.05) is 0 Å². The van der Waals surface area contributed by atoms with Crippen molar-refractivity contribution in [2.75, 3.05) is 0 Å². The Bertz CT molecular complexity index is 230. The first kappa shape index (κ1) is 22.5. The molecule has 0 aromatic rings. The maximum atomic E-state index is 3.78. The molecule has 0 aromatic heterocycles. The van der Waals surface area contributed by atoms with Gasteiger partial charge in [0.05, 0.1) is 6.15 Å². The molecule has 2 heteroatoms. The van der Waals surface area contributed by atoms with E-state index in [0.717, 1.165) is 6.42 Å². The normalized spacial score (nSPS) is 10.6. The Hall–Kier alpha value is 0.222. The monoisotopic (exact) mass is 270 g/mol. The van der Waals surface area contributed by atoms with Crippen LogP contribution in [0.3, 0.4) is 0 Å². The van der Waals surface area contributed by atoms with Crippen LogP contribution in [0.15, 0.2) is 0 Å². The van der Waals surface area contributed by atoms with Gasteiger partial charge in [0.2, 0.25) is 0 Å². The quantitative estimate of drug-likeness (QED) is 0.306. The van der Waals surface area contributed by atoms with Gasteiger partial charge in [-0.3, -0.25) is 0 Å². The summed E-state index contributed by atoms with van der Waals surface area (Å²) in [6.07, 6.45) is 15.5. The smallest absolute Gasteiger partial charge is 0.315 e. The van der Waals surface area contributed by atoms with Crippen molar-refractivity contribution in [3.05, 3.63) is 0 Å².